The van der Waals surface area contributed by atoms with Crippen molar-refractivity contribution < 1.29 is 8.42 Å². The highest BCUT2D eigenvalue weighted by Gasteiger charge is 2.26. The van der Waals surface area contributed by atoms with E-state index >= 15 is 0 Å². The predicted molar refractivity (Wildman–Crippen MR) is 79.9 cm³/mol. The van der Waals surface area contributed by atoms with E-state index in [0.29, 0.717) is 17.2 Å². The van der Waals surface area contributed by atoms with Gasteiger partial charge in [-0.05, 0) is 19.8 Å². The molecule has 0 aromatic carbocycles. The summed E-state index contributed by atoms with van der Waals surface area (Å²) in [4.78, 5) is 2.82. The summed E-state index contributed by atoms with van der Waals surface area (Å²) in [5, 5.41) is 6.38. The number of nitrogens with one attached hydrogen (secondary N) is 2. The Bertz CT molecular complexity index is 575. The van der Waals surface area contributed by atoms with Crippen LogP contribution < -0.4 is 10.5 Å². The highest BCUT2D eigenvalue weighted by molar-refractivity contribution is 7.89. The number of sulfonamides is 1. The van der Waals surface area contributed by atoms with Gasteiger partial charge in [-0.2, -0.15) is 5.10 Å². The van der Waals surface area contributed by atoms with Crippen molar-refractivity contribution in [3.05, 3.63) is 11.9 Å². The molecule has 0 aliphatic carbocycles. The molecule has 1 aromatic rings. The van der Waals surface area contributed by atoms with Crippen molar-refractivity contribution in [2.45, 2.75) is 30.7 Å². The van der Waals surface area contributed by atoms with Crippen LogP contribution in [0.2, 0.25) is 0 Å². The molecule has 9 heteroatoms. The van der Waals surface area contributed by atoms with Gasteiger partial charge in [-0.3, -0.25) is 10.00 Å². The van der Waals surface area contributed by atoms with Crippen LogP contribution in [0.25, 0.3) is 0 Å². The van der Waals surface area contributed by atoms with Crippen LogP contribution in [0.3, 0.4) is 0 Å². The molecule has 1 saturated heterocycles. The van der Waals surface area contributed by atoms with Crippen LogP contribution in [0.5, 0.6) is 0 Å². The maximum atomic E-state index is 12.2. The van der Waals surface area contributed by atoms with E-state index in [9.17, 15) is 8.42 Å². The first-order valence-corrected chi connectivity index (χ1v) is 8.30. The van der Waals surface area contributed by atoms with E-state index in [-0.39, 0.29) is 10.9 Å². The third-order valence-electron chi connectivity index (χ3n) is 3.36. The number of aromatic amines is 1. The summed E-state index contributed by atoms with van der Waals surface area (Å²) in [6, 6.07) is -0.0584. The van der Waals surface area contributed by atoms with Crippen LogP contribution in [-0.4, -0.2) is 54.2 Å². The molecule has 0 unspecified atom stereocenters. The standard InChI is InChI=1S/C11H19N5O2S2/c1-8-10(6-13-14-8)20(17,18)15-9-2-4-16(5-3-9)7-11(12)19/h6,9,15H,2-5,7H2,1H3,(H2,12,19)(H,13,14). The SMILES string of the molecule is Cc1[nH]ncc1S(=O)(=O)NC1CCN(CC(N)=S)CC1. The summed E-state index contributed by atoms with van der Waals surface area (Å²) in [5.41, 5.74) is 6.05. The zero-order valence-corrected chi connectivity index (χ0v) is 12.9. The molecule has 0 spiro atoms. The zero-order chi connectivity index (χ0) is 14.8. The largest absolute Gasteiger partial charge is 0.392 e. The molecule has 7 nitrogen and oxygen atoms in total. The summed E-state index contributed by atoms with van der Waals surface area (Å²) >= 11 is 4.88. The molecule has 0 atom stereocenters. The lowest BCUT2D eigenvalue weighted by atomic mass is 10.1. The fourth-order valence-corrected chi connectivity index (χ4v) is 3.95. The van der Waals surface area contributed by atoms with E-state index in [1.807, 2.05) is 0 Å². The number of likely N-dealkylation sites (tertiary alicyclic amines) is 1. The molecule has 1 fully saturated rings. The molecule has 20 heavy (non-hydrogen) atoms. The quantitative estimate of drug-likeness (QED) is 0.647. The molecular weight excluding hydrogens is 298 g/mol. The molecule has 0 bridgehead atoms. The molecule has 1 aliphatic rings. The van der Waals surface area contributed by atoms with Crippen LogP contribution in [-0.2, 0) is 10.0 Å². The second-order valence-corrected chi connectivity index (χ2v) is 7.20. The van der Waals surface area contributed by atoms with Gasteiger partial charge in [0.1, 0.15) is 4.90 Å². The Kier molecular flexibility index (Phi) is 4.74. The number of piperidine rings is 1. The number of nitrogens with zero attached hydrogens (tertiary/aromatic N) is 2. The van der Waals surface area contributed by atoms with Crippen molar-refractivity contribution in [2.24, 2.45) is 5.73 Å². The van der Waals surface area contributed by atoms with Crippen LogP contribution in [0, 0.1) is 6.92 Å². The van der Waals surface area contributed by atoms with E-state index in [4.69, 9.17) is 18.0 Å². The number of hydrogen-bond donors (Lipinski definition) is 3. The normalized spacial score (nSPS) is 18.2. The van der Waals surface area contributed by atoms with Gasteiger partial charge in [0.2, 0.25) is 10.0 Å². The average molecular weight is 317 g/mol. The van der Waals surface area contributed by atoms with Crippen LogP contribution in [0.15, 0.2) is 11.1 Å². The summed E-state index contributed by atoms with van der Waals surface area (Å²) < 4.78 is 27.2. The fourth-order valence-electron chi connectivity index (χ4n) is 2.32. The van der Waals surface area contributed by atoms with Gasteiger partial charge in [0.15, 0.2) is 0 Å². The number of rotatable bonds is 5. The van der Waals surface area contributed by atoms with Gasteiger partial charge in [-0.25, -0.2) is 13.1 Å². The maximum absolute atomic E-state index is 12.2. The smallest absolute Gasteiger partial charge is 0.244 e. The lowest BCUT2D eigenvalue weighted by molar-refractivity contribution is 0.233. The van der Waals surface area contributed by atoms with Gasteiger partial charge in [0.05, 0.1) is 16.9 Å². The Morgan fingerprint density at radius 1 is 1.60 bits per heavy atom. The number of aromatic nitrogens is 2. The van der Waals surface area contributed by atoms with Crippen molar-refractivity contribution >= 4 is 27.2 Å². The van der Waals surface area contributed by atoms with Crippen molar-refractivity contribution in [3.63, 3.8) is 0 Å². The Morgan fingerprint density at radius 2 is 2.25 bits per heavy atom. The van der Waals surface area contributed by atoms with Crippen LogP contribution in [0.4, 0.5) is 0 Å². The van der Waals surface area contributed by atoms with Crippen molar-refractivity contribution in [1.29, 1.82) is 0 Å². The van der Waals surface area contributed by atoms with E-state index in [1.165, 1.54) is 6.20 Å². The molecule has 1 aromatic heterocycles. The van der Waals surface area contributed by atoms with E-state index < -0.39 is 10.0 Å². The summed E-state index contributed by atoms with van der Waals surface area (Å²) in [6.45, 7) is 3.85. The first kappa shape index (κ1) is 15.4. The monoisotopic (exact) mass is 317 g/mol. The molecule has 0 saturated carbocycles. The van der Waals surface area contributed by atoms with Crippen molar-refractivity contribution in [3.8, 4) is 0 Å². The molecule has 2 rings (SSSR count). The van der Waals surface area contributed by atoms with E-state index in [0.717, 1.165) is 25.9 Å². The fraction of sp³-hybridized carbons (Fsp3) is 0.636. The lowest BCUT2D eigenvalue weighted by Gasteiger charge is -2.31. The average Bonchev–Trinajstić information content (AvgIpc) is 2.78. The molecule has 0 amide bonds. The summed E-state index contributed by atoms with van der Waals surface area (Å²) in [5.74, 6) is 0. The first-order valence-electron chi connectivity index (χ1n) is 6.41. The summed E-state index contributed by atoms with van der Waals surface area (Å²) in [7, 11) is -3.50. The van der Waals surface area contributed by atoms with Gasteiger partial charge >= 0.3 is 0 Å². The minimum atomic E-state index is -3.50. The van der Waals surface area contributed by atoms with Crippen molar-refractivity contribution in [1.82, 2.24) is 19.8 Å². The Hall–Kier alpha value is -1.03. The minimum Gasteiger partial charge on any atom is -0.392 e. The topological polar surface area (TPSA) is 104 Å². The van der Waals surface area contributed by atoms with Gasteiger partial charge in [0.25, 0.3) is 0 Å². The molecular formula is C11H19N5O2S2. The predicted octanol–water partition coefficient (Wildman–Crippen LogP) is -0.253. The number of hydrogen-bond acceptors (Lipinski definition) is 5. The Balaban J connectivity index is 1.93. The minimum absolute atomic E-state index is 0.0584. The first-order chi connectivity index (χ1) is 9.38. The molecule has 4 N–H and O–H groups in total. The summed E-state index contributed by atoms with van der Waals surface area (Å²) in [6.07, 6.45) is 2.83. The van der Waals surface area contributed by atoms with Gasteiger partial charge in [0, 0.05) is 25.7 Å². The lowest BCUT2D eigenvalue weighted by Crippen LogP contribution is -2.46. The third-order valence-corrected chi connectivity index (χ3v) is 5.13. The molecule has 2 heterocycles. The number of aryl methyl sites for hydroxylation is 1. The van der Waals surface area contributed by atoms with E-state index in [2.05, 4.69) is 19.8 Å². The number of H-pyrrole nitrogens is 1. The Morgan fingerprint density at radius 3 is 2.75 bits per heavy atom. The second-order valence-electron chi connectivity index (χ2n) is 5.00. The highest BCUT2D eigenvalue weighted by atomic mass is 32.2. The van der Waals surface area contributed by atoms with E-state index in [1.54, 1.807) is 6.92 Å². The highest BCUT2D eigenvalue weighted by Crippen LogP contribution is 2.16. The molecule has 0 radical (unpaired) electrons. The zero-order valence-electron chi connectivity index (χ0n) is 11.3. The van der Waals surface area contributed by atoms with Gasteiger partial charge in [-0.15, -0.1) is 0 Å². The van der Waals surface area contributed by atoms with Crippen molar-refractivity contribution in [2.75, 3.05) is 19.6 Å². The number of nitrogens with two attached hydrogens (primary N) is 1. The third kappa shape index (κ3) is 3.75. The molecule has 1 aliphatic heterocycles. The van der Waals surface area contributed by atoms with Crippen LogP contribution in [0.1, 0.15) is 18.5 Å². The second kappa shape index (κ2) is 6.17. The van der Waals surface area contributed by atoms with Gasteiger partial charge < -0.3 is 5.73 Å². The van der Waals surface area contributed by atoms with Crippen LogP contribution >= 0.6 is 12.2 Å². The number of thiocarbonyl (C=S) groups is 1. The Labute approximate surface area is 124 Å². The van der Waals surface area contributed by atoms with Gasteiger partial charge in [-0.1, -0.05) is 12.2 Å². The maximum Gasteiger partial charge on any atom is 0.244 e. The molecule has 112 valence electrons.